The van der Waals surface area contributed by atoms with Crippen molar-refractivity contribution in [2.75, 3.05) is 0 Å². The predicted octanol–water partition coefficient (Wildman–Crippen LogP) is 7.79. The number of thiazole rings is 1. The fourth-order valence-electron chi connectivity index (χ4n) is 8.55. The van der Waals surface area contributed by atoms with Crippen LogP contribution in [0.25, 0.3) is 10.4 Å². The molecule has 0 saturated heterocycles. The Balaban J connectivity index is 1.24. The van der Waals surface area contributed by atoms with Gasteiger partial charge in [0.05, 0.1) is 9.88 Å². The van der Waals surface area contributed by atoms with E-state index in [-0.39, 0.29) is 12.1 Å². The van der Waals surface area contributed by atoms with Crippen LogP contribution in [-0.4, -0.2) is 17.1 Å². The summed E-state index contributed by atoms with van der Waals surface area (Å²) in [5, 5.41) is 1.36. The first-order valence-electron chi connectivity index (χ1n) is 13.3. The maximum Gasteiger partial charge on any atom is 0.302 e. The summed E-state index contributed by atoms with van der Waals surface area (Å²) in [4.78, 5) is 17.8. The number of carbonyl (C=O) groups excluding carboxylic acids is 1. The Morgan fingerprint density at radius 2 is 1.88 bits per heavy atom. The first kappa shape index (κ1) is 22.5. The Bertz CT molecular complexity index is 1110. The van der Waals surface area contributed by atoms with Crippen LogP contribution in [0.15, 0.2) is 48.2 Å². The molecule has 2 unspecified atom stereocenters. The molecule has 3 fully saturated rings. The van der Waals surface area contributed by atoms with E-state index in [0.717, 1.165) is 37.0 Å². The average molecular weight is 476 g/mol. The van der Waals surface area contributed by atoms with Crippen molar-refractivity contribution in [1.29, 1.82) is 0 Å². The van der Waals surface area contributed by atoms with E-state index in [1.165, 1.54) is 47.6 Å². The summed E-state index contributed by atoms with van der Waals surface area (Å²) >= 11 is 1.92. The van der Waals surface area contributed by atoms with E-state index < -0.39 is 0 Å². The Morgan fingerprint density at radius 3 is 2.68 bits per heavy atom. The van der Waals surface area contributed by atoms with Gasteiger partial charge in [0.15, 0.2) is 0 Å². The topological polar surface area (TPSA) is 39.2 Å². The number of allylic oxidation sites excluding steroid dienone is 1. The summed E-state index contributed by atoms with van der Waals surface area (Å²) < 4.78 is 5.62. The monoisotopic (exact) mass is 475 g/mol. The van der Waals surface area contributed by atoms with Gasteiger partial charge in [0, 0.05) is 25.5 Å². The molecule has 0 amide bonds. The van der Waals surface area contributed by atoms with E-state index in [9.17, 15) is 4.79 Å². The summed E-state index contributed by atoms with van der Waals surface area (Å²) in [6, 6.07) is 10.7. The van der Waals surface area contributed by atoms with Crippen LogP contribution >= 0.6 is 11.3 Å². The van der Waals surface area contributed by atoms with Crippen LogP contribution in [0.1, 0.15) is 83.1 Å². The number of aromatic nitrogens is 1. The van der Waals surface area contributed by atoms with E-state index in [0.29, 0.717) is 16.7 Å². The smallest absolute Gasteiger partial charge is 0.302 e. The summed E-state index contributed by atoms with van der Waals surface area (Å²) in [6.07, 6.45) is 14.4. The molecule has 34 heavy (non-hydrogen) atoms. The maximum absolute atomic E-state index is 11.5. The highest BCUT2D eigenvalue weighted by molar-refractivity contribution is 7.15. The molecule has 0 aliphatic heterocycles. The molecule has 6 rings (SSSR count). The van der Waals surface area contributed by atoms with Crippen molar-refractivity contribution in [1.82, 2.24) is 4.98 Å². The van der Waals surface area contributed by atoms with Crippen molar-refractivity contribution < 1.29 is 9.53 Å². The van der Waals surface area contributed by atoms with Gasteiger partial charge in [-0.15, -0.1) is 11.3 Å². The van der Waals surface area contributed by atoms with Crippen LogP contribution in [0.4, 0.5) is 0 Å². The molecule has 4 aliphatic carbocycles. The molecule has 0 spiro atoms. The summed E-state index contributed by atoms with van der Waals surface area (Å²) in [5.41, 5.74) is 3.53. The van der Waals surface area contributed by atoms with E-state index >= 15 is 0 Å². The Morgan fingerprint density at radius 1 is 1.06 bits per heavy atom. The second-order valence-electron chi connectivity index (χ2n) is 11.8. The van der Waals surface area contributed by atoms with Gasteiger partial charge in [-0.25, -0.2) is 4.98 Å². The number of fused-ring (bicyclic) bond motifs is 5. The zero-order valence-corrected chi connectivity index (χ0v) is 21.6. The standard InChI is InChI=1S/C30H37NO2S/c1-19(32)33-22-13-15-29(2)21(17-22)9-10-23-24-11-12-26(30(24,3)16-14-25(23)29)28-31-18-27(34-28)20-7-5-4-6-8-20/h4-9,18,22-26H,10-17H2,1-3H3/t22?,23-,24-,25-,26?,29-,30-/m0/s1. The highest BCUT2D eigenvalue weighted by atomic mass is 32.1. The molecule has 2 aromatic rings. The zero-order chi connectivity index (χ0) is 23.5. The third-order valence-corrected chi connectivity index (χ3v) is 11.4. The second-order valence-corrected chi connectivity index (χ2v) is 12.9. The predicted molar refractivity (Wildman–Crippen MR) is 138 cm³/mol. The van der Waals surface area contributed by atoms with E-state index in [1.807, 2.05) is 11.3 Å². The number of ether oxygens (including phenoxy) is 1. The van der Waals surface area contributed by atoms with Crippen molar-refractivity contribution in [2.45, 2.75) is 84.2 Å². The summed E-state index contributed by atoms with van der Waals surface area (Å²) in [5.74, 6) is 2.82. The van der Waals surface area contributed by atoms with Gasteiger partial charge < -0.3 is 4.74 Å². The lowest BCUT2D eigenvalue weighted by molar-refractivity contribution is -0.148. The average Bonchev–Trinajstić information content (AvgIpc) is 3.44. The lowest BCUT2D eigenvalue weighted by atomic mass is 9.47. The molecule has 7 atom stereocenters. The minimum absolute atomic E-state index is 0.0850. The lowest BCUT2D eigenvalue weighted by Gasteiger charge is -2.58. The second kappa shape index (κ2) is 8.33. The number of carbonyl (C=O) groups is 1. The van der Waals surface area contributed by atoms with Crippen molar-refractivity contribution in [3.63, 3.8) is 0 Å². The summed E-state index contributed by atoms with van der Waals surface area (Å²) in [7, 11) is 0. The molecular weight excluding hydrogens is 438 g/mol. The van der Waals surface area contributed by atoms with Crippen molar-refractivity contribution in [3.05, 3.63) is 53.2 Å². The fraction of sp³-hybridized carbons (Fsp3) is 0.600. The molecule has 1 aromatic heterocycles. The van der Waals surface area contributed by atoms with Crippen molar-refractivity contribution in [2.24, 2.45) is 28.6 Å². The van der Waals surface area contributed by atoms with Gasteiger partial charge in [0.25, 0.3) is 0 Å². The fourth-order valence-corrected chi connectivity index (χ4v) is 9.77. The van der Waals surface area contributed by atoms with E-state index in [1.54, 1.807) is 12.5 Å². The highest BCUT2D eigenvalue weighted by Gasteiger charge is 2.59. The minimum Gasteiger partial charge on any atom is -0.462 e. The largest absolute Gasteiger partial charge is 0.462 e. The van der Waals surface area contributed by atoms with Gasteiger partial charge in [-0.3, -0.25) is 4.79 Å². The number of hydrogen-bond acceptors (Lipinski definition) is 4. The molecule has 4 aliphatic rings. The molecule has 4 heteroatoms. The summed E-state index contributed by atoms with van der Waals surface area (Å²) in [6.45, 7) is 6.67. The third-order valence-electron chi connectivity index (χ3n) is 10.3. The molecule has 180 valence electrons. The first-order chi connectivity index (χ1) is 16.4. The molecule has 1 heterocycles. The molecule has 0 N–H and O–H groups in total. The lowest BCUT2D eigenvalue weighted by Crippen LogP contribution is -2.50. The van der Waals surface area contributed by atoms with Crippen LogP contribution in [0, 0.1) is 28.6 Å². The Kier molecular flexibility index (Phi) is 5.51. The molecule has 1 aromatic carbocycles. The number of hydrogen-bond donors (Lipinski definition) is 0. The first-order valence-corrected chi connectivity index (χ1v) is 14.1. The van der Waals surface area contributed by atoms with Gasteiger partial charge in [-0.2, -0.15) is 0 Å². The van der Waals surface area contributed by atoms with Crippen LogP contribution in [-0.2, 0) is 9.53 Å². The number of esters is 1. The molecular formula is C30H37NO2S. The molecule has 3 saturated carbocycles. The molecule has 0 bridgehead atoms. The van der Waals surface area contributed by atoms with Crippen LogP contribution < -0.4 is 0 Å². The van der Waals surface area contributed by atoms with Crippen molar-refractivity contribution in [3.8, 4) is 10.4 Å². The number of benzene rings is 1. The Labute approximate surface area is 208 Å². The Hall–Kier alpha value is -1.94. The molecule has 3 nitrogen and oxygen atoms in total. The van der Waals surface area contributed by atoms with Crippen LogP contribution in [0.3, 0.4) is 0 Å². The number of nitrogens with zero attached hydrogens (tertiary/aromatic N) is 1. The van der Waals surface area contributed by atoms with Crippen LogP contribution in [0.2, 0.25) is 0 Å². The van der Waals surface area contributed by atoms with Gasteiger partial charge in [0.2, 0.25) is 0 Å². The van der Waals surface area contributed by atoms with Gasteiger partial charge in [0.1, 0.15) is 6.10 Å². The van der Waals surface area contributed by atoms with Crippen LogP contribution in [0.5, 0.6) is 0 Å². The SMILES string of the molecule is CC(=O)OC1CC[C@@]2(C)C(=CC[C@@H]3[C@@H]2CC[C@]2(C)C(c4ncc(-c5ccccc5)s4)CC[C@@H]32)C1. The van der Waals surface area contributed by atoms with E-state index in [4.69, 9.17) is 9.72 Å². The normalized spacial score (nSPS) is 38.9. The third kappa shape index (κ3) is 3.51. The van der Waals surface area contributed by atoms with Crippen molar-refractivity contribution >= 4 is 17.3 Å². The quantitative estimate of drug-likeness (QED) is 0.336. The minimum atomic E-state index is -0.133. The highest BCUT2D eigenvalue weighted by Crippen LogP contribution is 2.68. The zero-order valence-electron chi connectivity index (χ0n) is 20.8. The van der Waals surface area contributed by atoms with Gasteiger partial charge in [-0.1, -0.05) is 55.8 Å². The van der Waals surface area contributed by atoms with Gasteiger partial charge >= 0.3 is 5.97 Å². The van der Waals surface area contributed by atoms with Gasteiger partial charge in [-0.05, 0) is 79.1 Å². The maximum atomic E-state index is 11.5. The number of rotatable bonds is 3. The molecule has 0 radical (unpaired) electrons. The van der Waals surface area contributed by atoms with E-state index in [2.05, 4.69) is 56.5 Å².